The third kappa shape index (κ3) is 8.89. The number of alkyl halides is 3. The Balaban J connectivity index is 1.55. The largest absolute Gasteiger partial charge is 0.419 e. The highest BCUT2D eigenvalue weighted by Crippen LogP contribution is 2.38. The minimum Gasteiger partial charge on any atom is -0.419 e. The van der Waals surface area contributed by atoms with Gasteiger partial charge in [-0.25, -0.2) is 4.79 Å². The first-order valence-corrected chi connectivity index (χ1v) is 13.6. The van der Waals surface area contributed by atoms with Crippen molar-refractivity contribution < 1.29 is 39.1 Å². The Morgan fingerprint density at radius 1 is 1.28 bits per heavy atom. The molecule has 0 aromatic carbocycles. The molecule has 3 rings (SSSR count). The first-order chi connectivity index (χ1) is 18.2. The number of rotatable bonds is 10. The summed E-state index contributed by atoms with van der Waals surface area (Å²) in [6.45, 7) is 5.53. The highest BCUT2D eigenvalue weighted by atomic mass is 35.6. The van der Waals surface area contributed by atoms with Crippen LogP contribution < -0.4 is 5.32 Å². The molecule has 11 nitrogen and oxygen atoms in total. The SMILES string of the molecule is C/C(=C\C(=O)N/C=C(/OC(=O)C(Cl)(Cl)Cl)c1ccn(C)n1)C[C@@H]1OC[C@H](C[C@@H]2O[C@H]2[C@@H](C)[C@H](C)O)[C@@H](O)[C@H]1O. The molecule has 0 spiro atoms. The molecular weight excluding hydrogens is 577 g/mol. The number of ether oxygens (including phenoxy) is 3. The van der Waals surface area contributed by atoms with Crippen molar-refractivity contribution in [1.29, 1.82) is 0 Å². The van der Waals surface area contributed by atoms with E-state index >= 15 is 0 Å². The Morgan fingerprint density at radius 3 is 2.56 bits per heavy atom. The number of carbonyl (C=O) groups excluding carboxylic acids is 2. The van der Waals surface area contributed by atoms with Gasteiger partial charge in [-0.1, -0.05) is 47.3 Å². The van der Waals surface area contributed by atoms with Crippen LogP contribution in [0.4, 0.5) is 0 Å². The van der Waals surface area contributed by atoms with E-state index in [1.54, 1.807) is 27.1 Å². The minimum absolute atomic E-state index is 0.0234. The number of carbonyl (C=O) groups is 2. The Bertz CT molecular complexity index is 1090. The predicted octanol–water partition coefficient (Wildman–Crippen LogP) is 2.00. The number of aromatic nitrogens is 2. The maximum absolute atomic E-state index is 12.5. The third-order valence-electron chi connectivity index (χ3n) is 6.82. The number of halogens is 3. The molecule has 2 aliphatic heterocycles. The maximum Gasteiger partial charge on any atom is 0.364 e. The van der Waals surface area contributed by atoms with Gasteiger partial charge >= 0.3 is 5.97 Å². The van der Waals surface area contributed by atoms with Gasteiger partial charge in [-0.15, -0.1) is 0 Å². The van der Waals surface area contributed by atoms with Gasteiger partial charge in [0.2, 0.25) is 5.91 Å². The van der Waals surface area contributed by atoms with Crippen LogP contribution in [0, 0.1) is 11.8 Å². The lowest BCUT2D eigenvalue weighted by atomic mass is 9.85. The van der Waals surface area contributed by atoms with E-state index < -0.39 is 40.1 Å². The van der Waals surface area contributed by atoms with Crippen molar-refractivity contribution in [1.82, 2.24) is 15.1 Å². The van der Waals surface area contributed by atoms with E-state index in [-0.39, 0.29) is 48.5 Å². The second-order valence-corrected chi connectivity index (χ2v) is 12.3. The molecule has 3 heterocycles. The summed E-state index contributed by atoms with van der Waals surface area (Å²) in [7, 11) is 1.65. The van der Waals surface area contributed by atoms with Crippen LogP contribution in [0.2, 0.25) is 0 Å². The van der Waals surface area contributed by atoms with Crippen molar-refractivity contribution in [2.75, 3.05) is 6.61 Å². The van der Waals surface area contributed by atoms with Crippen molar-refractivity contribution in [3.63, 3.8) is 0 Å². The zero-order valence-corrected chi connectivity index (χ0v) is 24.2. The third-order valence-corrected chi connectivity index (χ3v) is 7.28. The second-order valence-electron chi connectivity index (χ2n) is 10.1. The molecule has 39 heavy (non-hydrogen) atoms. The summed E-state index contributed by atoms with van der Waals surface area (Å²) in [6, 6.07) is 1.54. The van der Waals surface area contributed by atoms with Crippen LogP contribution in [0.25, 0.3) is 5.76 Å². The average molecular weight is 611 g/mol. The highest BCUT2D eigenvalue weighted by molar-refractivity contribution is 6.75. The van der Waals surface area contributed by atoms with Crippen molar-refractivity contribution in [2.24, 2.45) is 18.9 Å². The fraction of sp³-hybridized carbons (Fsp3) is 0.640. The zero-order chi connectivity index (χ0) is 29.1. The summed E-state index contributed by atoms with van der Waals surface area (Å²) in [5, 5.41) is 37.7. The van der Waals surface area contributed by atoms with Gasteiger partial charge in [0.15, 0.2) is 5.76 Å². The van der Waals surface area contributed by atoms with E-state index in [9.17, 15) is 24.9 Å². The lowest BCUT2D eigenvalue weighted by Gasteiger charge is -2.38. The van der Waals surface area contributed by atoms with Crippen LogP contribution >= 0.6 is 34.8 Å². The molecular formula is C25H34Cl3N3O8. The van der Waals surface area contributed by atoms with Gasteiger partial charge in [-0.3, -0.25) is 9.48 Å². The van der Waals surface area contributed by atoms with Gasteiger partial charge in [0.1, 0.15) is 11.8 Å². The molecule has 0 radical (unpaired) electrons. The van der Waals surface area contributed by atoms with Gasteiger partial charge in [-0.2, -0.15) is 5.10 Å². The average Bonchev–Trinajstić information content (AvgIpc) is 3.48. The number of epoxide rings is 1. The smallest absolute Gasteiger partial charge is 0.364 e. The topological polar surface area (TPSA) is 156 Å². The Hall–Kier alpha value is -1.70. The summed E-state index contributed by atoms with van der Waals surface area (Å²) >= 11 is 16.7. The predicted molar refractivity (Wildman–Crippen MR) is 143 cm³/mol. The second kappa shape index (κ2) is 13.3. The number of aryl methyl sites for hydroxylation is 1. The van der Waals surface area contributed by atoms with E-state index in [4.69, 9.17) is 49.0 Å². The van der Waals surface area contributed by atoms with Crippen LogP contribution in [-0.4, -0.2) is 84.0 Å². The molecule has 1 aromatic rings. The van der Waals surface area contributed by atoms with Crippen molar-refractivity contribution in [3.8, 4) is 0 Å². The summed E-state index contributed by atoms with van der Waals surface area (Å²) in [5.74, 6) is -2.21. The van der Waals surface area contributed by atoms with E-state index in [2.05, 4.69) is 10.4 Å². The molecule has 1 aromatic heterocycles. The molecule has 2 saturated heterocycles. The fourth-order valence-corrected chi connectivity index (χ4v) is 4.47. The van der Waals surface area contributed by atoms with Gasteiger partial charge in [0.25, 0.3) is 3.79 Å². The Kier molecular flexibility index (Phi) is 10.9. The molecule has 0 unspecified atom stereocenters. The number of amides is 1. The van der Waals surface area contributed by atoms with Crippen molar-refractivity contribution >= 4 is 52.4 Å². The standard InChI is InChI=1S/C25H34Cl3N3O8/c1-12(7-17-22(35)21(34)15(11-37-17)9-18-23(38-18)13(2)14(3)32)8-20(33)29-10-19(16-5-6-31(4)30-16)39-24(36)25(26,27)28/h5-6,8,10,13-15,17-18,21-23,32,34-35H,7,9,11H2,1-4H3,(H,29,33)/b12-8+,19-10+/t13-,14-,15-,17-,18-,21+,22-,23-/m0/s1. The lowest BCUT2D eigenvalue weighted by molar-refractivity contribution is -0.165. The molecule has 1 amide bonds. The van der Waals surface area contributed by atoms with Crippen LogP contribution in [0.5, 0.6) is 0 Å². The molecule has 0 bridgehead atoms. The molecule has 14 heteroatoms. The number of aliphatic hydroxyl groups excluding tert-OH is 3. The number of hydrogen-bond acceptors (Lipinski definition) is 9. The first kappa shape index (κ1) is 31.8. The molecule has 2 aliphatic rings. The van der Waals surface area contributed by atoms with E-state index in [1.165, 1.54) is 16.8 Å². The summed E-state index contributed by atoms with van der Waals surface area (Å²) in [6.07, 6.45) is 1.16. The van der Waals surface area contributed by atoms with Crippen LogP contribution in [0.1, 0.15) is 39.3 Å². The van der Waals surface area contributed by atoms with Gasteiger partial charge in [0, 0.05) is 37.4 Å². The molecule has 2 fully saturated rings. The quantitative estimate of drug-likeness (QED) is 0.102. The number of nitrogens with zero attached hydrogens (tertiary/aromatic N) is 2. The summed E-state index contributed by atoms with van der Waals surface area (Å²) in [5.41, 5.74) is 0.788. The highest BCUT2D eigenvalue weighted by Gasteiger charge is 2.48. The summed E-state index contributed by atoms with van der Waals surface area (Å²) in [4.78, 5) is 24.5. The van der Waals surface area contributed by atoms with Gasteiger partial charge in [0.05, 0.1) is 37.1 Å². The maximum atomic E-state index is 12.5. The van der Waals surface area contributed by atoms with E-state index in [0.717, 1.165) is 6.20 Å². The first-order valence-electron chi connectivity index (χ1n) is 12.5. The normalized spacial score (nSPS) is 29.5. The Labute approximate surface area is 241 Å². The zero-order valence-electron chi connectivity index (χ0n) is 22.0. The molecule has 8 atom stereocenters. The number of nitrogens with one attached hydrogen (secondary N) is 1. The van der Waals surface area contributed by atoms with Gasteiger partial charge in [-0.05, 0) is 32.8 Å². The lowest BCUT2D eigenvalue weighted by Crippen LogP contribution is -2.50. The summed E-state index contributed by atoms with van der Waals surface area (Å²) < 4.78 is 15.7. The molecule has 218 valence electrons. The molecule has 0 aliphatic carbocycles. The van der Waals surface area contributed by atoms with Crippen LogP contribution in [0.15, 0.2) is 30.1 Å². The van der Waals surface area contributed by atoms with Crippen LogP contribution in [-0.2, 0) is 30.8 Å². The fourth-order valence-electron chi connectivity index (χ4n) is 4.35. The van der Waals surface area contributed by atoms with Crippen LogP contribution in [0.3, 0.4) is 0 Å². The molecule has 0 saturated carbocycles. The van der Waals surface area contributed by atoms with E-state index in [1.807, 2.05) is 6.92 Å². The molecule has 4 N–H and O–H groups in total. The van der Waals surface area contributed by atoms with E-state index in [0.29, 0.717) is 12.0 Å². The van der Waals surface area contributed by atoms with Crippen molar-refractivity contribution in [2.45, 2.75) is 74.0 Å². The number of hydrogen-bond donors (Lipinski definition) is 4. The number of aliphatic hydroxyl groups is 3. The monoisotopic (exact) mass is 609 g/mol. The Morgan fingerprint density at radius 2 is 1.97 bits per heavy atom. The number of esters is 1. The van der Waals surface area contributed by atoms with Gasteiger partial charge < -0.3 is 34.8 Å². The minimum atomic E-state index is -2.33. The van der Waals surface area contributed by atoms with Crippen molar-refractivity contribution in [3.05, 3.63) is 35.8 Å².